The number of hydrogen-bond acceptors (Lipinski definition) is 3. The molecular formula is C12H16N2O3. The number of aromatic nitrogens is 1. The van der Waals surface area contributed by atoms with E-state index in [1.165, 1.54) is 18.3 Å². The van der Waals surface area contributed by atoms with Crippen molar-refractivity contribution in [3.63, 3.8) is 0 Å². The molecule has 92 valence electrons. The molecule has 1 aromatic heterocycles. The van der Waals surface area contributed by atoms with E-state index in [4.69, 9.17) is 5.11 Å². The van der Waals surface area contributed by atoms with Gasteiger partial charge in [0.05, 0.1) is 5.56 Å². The number of carbonyl (C=O) groups excluding carboxylic acids is 1. The minimum Gasteiger partial charge on any atom is -0.477 e. The monoisotopic (exact) mass is 236 g/mol. The average molecular weight is 236 g/mol. The van der Waals surface area contributed by atoms with Gasteiger partial charge in [0.15, 0.2) is 0 Å². The Kier molecular flexibility index (Phi) is 4.63. The second-order valence-corrected chi connectivity index (χ2v) is 3.62. The Morgan fingerprint density at radius 2 is 2.06 bits per heavy atom. The molecule has 0 saturated heterocycles. The van der Waals surface area contributed by atoms with E-state index in [2.05, 4.69) is 4.98 Å². The molecule has 0 spiro atoms. The first-order valence-electron chi connectivity index (χ1n) is 5.58. The first kappa shape index (κ1) is 13.2. The Hall–Kier alpha value is -1.91. The summed E-state index contributed by atoms with van der Waals surface area (Å²) in [6.45, 7) is 5.23. The molecular weight excluding hydrogens is 220 g/mol. The van der Waals surface area contributed by atoms with Gasteiger partial charge in [0, 0.05) is 19.3 Å². The molecule has 0 radical (unpaired) electrons. The maximum absolute atomic E-state index is 12.0. The molecule has 5 heteroatoms. The number of carbonyl (C=O) groups is 2. The summed E-state index contributed by atoms with van der Waals surface area (Å²) in [5.74, 6) is -1.20. The summed E-state index contributed by atoms with van der Waals surface area (Å²) in [6, 6.07) is 2.84. The van der Waals surface area contributed by atoms with Crippen molar-refractivity contribution in [1.29, 1.82) is 0 Å². The SMILES string of the molecule is CCCN(CC)C(=O)c1ccc(C(=O)O)nc1. The molecule has 0 bridgehead atoms. The maximum Gasteiger partial charge on any atom is 0.354 e. The lowest BCUT2D eigenvalue weighted by Gasteiger charge is -2.19. The third kappa shape index (κ3) is 3.27. The van der Waals surface area contributed by atoms with Crippen LogP contribution in [0, 0.1) is 0 Å². The highest BCUT2D eigenvalue weighted by atomic mass is 16.4. The molecule has 0 aliphatic rings. The van der Waals surface area contributed by atoms with E-state index in [1.54, 1.807) is 4.90 Å². The van der Waals surface area contributed by atoms with Crippen LogP contribution in [0.25, 0.3) is 0 Å². The molecule has 0 aliphatic heterocycles. The largest absolute Gasteiger partial charge is 0.477 e. The number of carboxylic acids is 1. The van der Waals surface area contributed by atoms with Gasteiger partial charge < -0.3 is 10.0 Å². The lowest BCUT2D eigenvalue weighted by molar-refractivity contribution is 0.0687. The van der Waals surface area contributed by atoms with Gasteiger partial charge in [0.1, 0.15) is 5.69 Å². The number of rotatable bonds is 5. The quantitative estimate of drug-likeness (QED) is 0.843. The summed E-state index contributed by atoms with van der Waals surface area (Å²) in [6.07, 6.45) is 2.20. The smallest absolute Gasteiger partial charge is 0.354 e. The summed E-state index contributed by atoms with van der Waals surface area (Å²) < 4.78 is 0. The van der Waals surface area contributed by atoms with Gasteiger partial charge in [-0.3, -0.25) is 4.79 Å². The molecule has 0 aliphatic carbocycles. The van der Waals surface area contributed by atoms with E-state index in [1.807, 2.05) is 13.8 Å². The summed E-state index contributed by atoms with van der Waals surface area (Å²) in [4.78, 5) is 28.0. The standard InChI is InChI=1S/C12H16N2O3/c1-3-7-14(4-2)11(15)9-5-6-10(12(16)17)13-8-9/h5-6,8H,3-4,7H2,1-2H3,(H,16,17). The van der Waals surface area contributed by atoms with Gasteiger partial charge in [-0.05, 0) is 25.5 Å². The second-order valence-electron chi connectivity index (χ2n) is 3.62. The minimum absolute atomic E-state index is 0.0555. The fourth-order valence-corrected chi connectivity index (χ4v) is 1.50. The highest BCUT2D eigenvalue weighted by molar-refractivity contribution is 5.94. The number of pyridine rings is 1. The van der Waals surface area contributed by atoms with E-state index < -0.39 is 5.97 Å². The first-order chi connectivity index (χ1) is 8.10. The maximum atomic E-state index is 12.0. The van der Waals surface area contributed by atoms with Gasteiger partial charge in [-0.1, -0.05) is 6.92 Å². The highest BCUT2D eigenvalue weighted by Gasteiger charge is 2.14. The van der Waals surface area contributed by atoms with Crippen LogP contribution in [0.3, 0.4) is 0 Å². The Bertz CT molecular complexity index is 401. The van der Waals surface area contributed by atoms with Crippen LogP contribution in [-0.2, 0) is 0 Å². The third-order valence-electron chi connectivity index (χ3n) is 2.39. The molecule has 1 rings (SSSR count). The Labute approximate surface area is 100 Å². The summed E-state index contributed by atoms with van der Waals surface area (Å²) in [5.41, 5.74) is 0.366. The van der Waals surface area contributed by atoms with Crippen LogP contribution in [0.2, 0.25) is 0 Å². The fraction of sp³-hybridized carbons (Fsp3) is 0.417. The number of carboxylic acid groups (broad SMARTS) is 1. The van der Waals surface area contributed by atoms with Gasteiger partial charge in [0.25, 0.3) is 5.91 Å². The molecule has 1 N–H and O–H groups in total. The molecule has 1 heterocycles. The van der Waals surface area contributed by atoms with Crippen LogP contribution in [0.4, 0.5) is 0 Å². The Morgan fingerprint density at radius 1 is 1.35 bits per heavy atom. The van der Waals surface area contributed by atoms with Crippen LogP contribution < -0.4 is 0 Å². The van der Waals surface area contributed by atoms with Crippen LogP contribution in [0.15, 0.2) is 18.3 Å². The molecule has 0 fully saturated rings. The highest BCUT2D eigenvalue weighted by Crippen LogP contribution is 2.05. The number of nitrogens with zero attached hydrogens (tertiary/aromatic N) is 2. The van der Waals surface area contributed by atoms with Gasteiger partial charge in [-0.15, -0.1) is 0 Å². The van der Waals surface area contributed by atoms with E-state index in [-0.39, 0.29) is 11.6 Å². The molecule has 1 amide bonds. The molecule has 0 atom stereocenters. The molecule has 0 saturated carbocycles. The Morgan fingerprint density at radius 3 is 2.47 bits per heavy atom. The zero-order chi connectivity index (χ0) is 12.8. The van der Waals surface area contributed by atoms with Crippen molar-refractivity contribution in [2.75, 3.05) is 13.1 Å². The van der Waals surface area contributed by atoms with Gasteiger partial charge in [-0.2, -0.15) is 0 Å². The van der Waals surface area contributed by atoms with Crippen molar-refractivity contribution in [2.24, 2.45) is 0 Å². The number of amides is 1. The summed E-state index contributed by atoms with van der Waals surface area (Å²) in [5, 5.41) is 8.70. The molecule has 1 aromatic rings. The van der Waals surface area contributed by atoms with Gasteiger partial charge in [-0.25, -0.2) is 9.78 Å². The molecule has 0 unspecified atom stereocenters. The van der Waals surface area contributed by atoms with Crippen molar-refractivity contribution in [3.8, 4) is 0 Å². The van der Waals surface area contributed by atoms with Gasteiger partial charge >= 0.3 is 5.97 Å². The molecule has 0 aromatic carbocycles. The van der Waals surface area contributed by atoms with E-state index in [0.29, 0.717) is 18.7 Å². The van der Waals surface area contributed by atoms with Crippen LogP contribution in [-0.4, -0.2) is 40.0 Å². The van der Waals surface area contributed by atoms with Crippen molar-refractivity contribution in [3.05, 3.63) is 29.6 Å². The lowest BCUT2D eigenvalue weighted by atomic mass is 10.2. The lowest BCUT2D eigenvalue weighted by Crippen LogP contribution is -2.31. The number of hydrogen-bond donors (Lipinski definition) is 1. The van der Waals surface area contributed by atoms with Crippen LogP contribution in [0.5, 0.6) is 0 Å². The van der Waals surface area contributed by atoms with Gasteiger partial charge in [0.2, 0.25) is 0 Å². The Balaban J connectivity index is 2.85. The minimum atomic E-state index is -1.09. The van der Waals surface area contributed by atoms with Crippen LogP contribution in [0.1, 0.15) is 41.1 Å². The van der Waals surface area contributed by atoms with Crippen molar-refractivity contribution >= 4 is 11.9 Å². The predicted molar refractivity (Wildman–Crippen MR) is 63.1 cm³/mol. The van der Waals surface area contributed by atoms with Crippen molar-refractivity contribution in [2.45, 2.75) is 20.3 Å². The predicted octanol–water partition coefficient (Wildman–Crippen LogP) is 1.65. The average Bonchev–Trinajstić information content (AvgIpc) is 2.35. The topological polar surface area (TPSA) is 70.5 Å². The fourth-order valence-electron chi connectivity index (χ4n) is 1.50. The van der Waals surface area contributed by atoms with Crippen molar-refractivity contribution in [1.82, 2.24) is 9.88 Å². The third-order valence-corrected chi connectivity index (χ3v) is 2.39. The second kappa shape index (κ2) is 5.98. The number of aromatic carboxylic acids is 1. The zero-order valence-corrected chi connectivity index (χ0v) is 10.0. The van der Waals surface area contributed by atoms with Crippen molar-refractivity contribution < 1.29 is 14.7 Å². The van der Waals surface area contributed by atoms with Crippen LogP contribution >= 0.6 is 0 Å². The van der Waals surface area contributed by atoms with E-state index in [9.17, 15) is 9.59 Å². The first-order valence-corrected chi connectivity index (χ1v) is 5.58. The summed E-state index contributed by atoms with van der Waals surface area (Å²) >= 11 is 0. The summed E-state index contributed by atoms with van der Waals surface area (Å²) in [7, 11) is 0. The molecule has 5 nitrogen and oxygen atoms in total. The zero-order valence-electron chi connectivity index (χ0n) is 10.0. The van der Waals surface area contributed by atoms with E-state index in [0.717, 1.165) is 6.42 Å². The van der Waals surface area contributed by atoms with E-state index >= 15 is 0 Å². The normalized spacial score (nSPS) is 10.0. The molecule has 17 heavy (non-hydrogen) atoms.